The molecule has 2 heterocycles. The van der Waals surface area contributed by atoms with Crippen LogP contribution in [0, 0.1) is 5.92 Å². The van der Waals surface area contributed by atoms with Crippen molar-refractivity contribution in [2.45, 2.75) is 38.5 Å². The number of hydrogen-bond acceptors (Lipinski definition) is 2. The molecule has 0 atom stereocenters. The van der Waals surface area contributed by atoms with E-state index in [0.717, 1.165) is 75.0 Å². The Balaban J connectivity index is 1.29. The van der Waals surface area contributed by atoms with E-state index in [9.17, 15) is 9.59 Å². The Hall–Kier alpha value is -2.62. The van der Waals surface area contributed by atoms with Crippen LogP contribution >= 0.6 is 0 Å². The van der Waals surface area contributed by atoms with Crippen molar-refractivity contribution in [2.75, 3.05) is 26.2 Å². The van der Waals surface area contributed by atoms with Crippen LogP contribution < -0.4 is 0 Å². The number of rotatable bonds is 5. The number of likely N-dealkylation sites (tertiary alicyclic amines) is 2. The van der Waals surface area contributed by atoms with E-state index >= 15 is 0 Å². The first-order chi connectivity index (χ1) is 14.2. The first-order valence-corrected chi connectivity index (χ1v) is 10.9. The summed E-state index contributed by atoms with van der Waals surface area (Å²) in [6, 6.07) is 18.1. The van der Waals surface area contributed by atoms with Gasteiger partial charge in [0.15, 0.2) is 0 Å². The number of nitrogens with zero attached hydrogens (tertiary/aromatic N) is 2. The van der Waals surface area contributed by atoms with E-state index in [1.54, 1.807) is 0 Å². The summed E-state index contributed by atoms with van der Waals surface area (Å²) >= 11 is 0. The highest BCUT2D eigenvalue weighted by Crippen LogP contribution is 2.25. The molecule has 0 N–H and O–H groups in total. The van der Waals surface area contributed by atoms with Crippen LogP contribution in [0.2, 0.25) is 0 Å². The quantitative estimate of drug-likeness (QED) is 0.748. The number of carbonyl (C=O) groups excluding carboxylic acids is 2. The Labute approximate surface area is 173 Å². The van der Waals surface area contributed by atoms with Gasteiger partial charge in [0.1, 0.15) is 0 Å². The van der Waals surface area contributed by atoms with Crippen molar-refractivity contribution in [3.63, 3.8) is 0 Å². The maximum atomic E-state index is 13.0. The molecule has 4 nitrogen and oxygen atoms in total. The summed E-state index contributed by atoms with van der Waals surface area (Å²) in [7, 11) is 0. The molecule has 0 bridgehead atoms. The third kappa shape index (κ3) is 4.87. The second-order valence-corrected chi connectivity index (χ2v) is 8.31. The van der Waals surface area contributed by atoms with Gasteiger partial charge in [0.05, 0.1) is 0 Å². The maximum absolute atomic E-state index is 13.0. The summed E-state index contributed by atoms with van der Waals surface area (Å²) in [4.78, 5) is 29.2. The highest BCUT2D eigenvalue weighted by atomic mass is 16.2. The molecule has 0 aliphatic carbocycles. The lowest BCUT2D eigenvalue weighted by Crippen LogP contribution is -2.38. The molecule has 2 aliphatic rings. The SMILES string of the molecule is O=C(CCC1CCN(C(=O)c2cccc(-c3ccccc3)c2)CC1)N1CCCC1. The zero-order chi connectivity index (χ0) is 20.1. The highest BCUT2D eigenvalue weighted by molar-refractivity contribution is 5.95. The predicted octanol–water partition coefficient (Wildman–Crippen LogP) is 4.61. The number of amides is 2. The highest BCUT2D eigenvalue weighted by Gasteiger charge is 2.25. The van der Waals surface area contributed by atoms with E-state index in [2.05, 4.69) is 18.2 Å². The first kappa shape index (κ1) is 19.7. The van der Waals surface area contributed by atoms with Gasteiger partial charge < -0.3 is 9.80 Å². The Morgan fingerprint density at radius 1 is 0.793 bits per heavy atom. The van der Waals surface area contributed by atoms with Crippen molar-refractivity contribution < 1.29 is 9.59 Å². The Kier molecular flexibility index (Phi) is 6.28. The van der Waals surface area contributed by atoms with Crippen molar-refractivity contribution in [2.24, 2.45) is 5.92 Å². The van der Waals surface area contributed by atoms with Gasteiger partial charge in [0, 0.05) is 38.2 Å². The molecule has 152 valence electrons. The monoisotopic (exact) mass is 390 g/mol. The zero-order valence-electron chi connectivity index (χ0n) is 17.1. The Morgan fingerprint density at radius 2 is 1.48 bits per heavy atom. The van der Waals surface area contributed by atoms with Gasteiger partial charge in [-0.05, 0) is 61.3 Å². The number of benzene rings is 2. The molecule has 2 amide bonds. The van der Waals surface area contributed by atoms with Crippen molar-refractivity contribution in [3.05, 3.63) is 60.2 Å². The fraction of sp³-hybridized carbons (Fsp3) is 0.440. The molecule has 2 aliphatic heterocycles. The molecule has 2 aromatic rings. The number of piperidine rings is 1. The van der Waals surface area contributed by atoms with Crippen LogP contribution in [-0.4, -0.2) is 47.8 Å². The van der Waals surface area contributed by atoms with Crippen LogP contribution in [0.25, 0.3) is 11.1 Å². The lowest BCUT2D eigenvalue weighted by Gasteiger charge is -2.32. The minimum Gasteiger partial charge on any atom is -0.343 e. The molecular weight excluding hydrogens is 360 g/mol. The standard InChI is InChI=1S/C25H30N2O2/c28-24(26-15-4-5-16-26)12-11-20-13-17-27(18-14-20)25(29)23-10-6-9-22(19-23)21-7-2-1-3-8-21/h1-3,6-10,19-20H,4-5,11-18H2. The van der Waals surface area contributed by atoms with Crippen LogP contribution in [0.4, 0.5) is 0 Å². The van der Waals surface area contributed by atoms with Crippen LogP contribution in [0.15, 0.2) is 54.6 Å². The van der Waals surface area contributed by atoms with Gasteiger partial charge >= 0.3 is 0 Å². The molecule has 2 aromatic carbocycles. The van der Waals surface area contributed by atoms with Gasteiger partial charge in [-0.25, -0.2) is 0 Å². The average molecular weight is 391 g/mol. The van der Waals surface area contributed by atoms with Crippen molar-refractivity contribution >= 4 is 11.8 Å². The largest absolute Gasteiger partial charge is 0.343 e. The topological polar surface area (TPSA) is 40.6 Å². The molecule has 0 saturated carbocycles. The molecule has 0 spiro atoms. The van der Waals surface area contributed by atoms with E-state index in [1.807, 2.05) is 46.2 Å². The molecule has 0 unspecified atom stereocenters. The second kappa shape index (κ2) is 9.25. The molecule has 29 heavy (non-hydrogen) atoms. The normalized spacial score (nSPS) is 17.5. The number of hydrogen-bond donors (Lipinski definition) is 0. The van der Waals surface area contributed by atoms with Crippen molar-refractivity contribution in [1.29, 1.82) is 0 Å². The Bertz CT molecular complexity index is 835. The van der Waals surface area contributed by atoms with E-state index < -0.39 is 0 Å². The molecule has 4 heteroatoms. The fourth-order valence-corrected chi connectivity index (χ4v) is 4.52. The zero-order valence-corrected chi connectivity index (χ0v) is 17.1. The smallest absolute Gasteiger partial charge is 0.253 e. The first-order valence-electron chi connectivity index (χ1n) is 10.9. The van der Waals surface area contributed by atoms with Crippen LogP contribution in [0.1, 0.15) is 48.9 Å². The predicted molar refractivity (Wildman–Crippen MR) is 116 cm³/mol. The van der Waals surface area contributed by atoms with Gasteiger partial charge in [0.2, 0.25) is 5.91 Å². The summed E-state index contributed by atoms with van der Waals surface area (Å²) in [6.45, 7) is 3.45. The second-order valence-electron chi connectivity index (χ2n) is 8.31. The molecule has 4 rings (SSSR count). The fourth-order valence-electron chi connectivity index (χ4n) is 4.52. The van der Waals surface area contributed by atoms with Gasteiger partial charge in [-0.15, -0.1) is 0 Å². The van der Waals surface area contributed by atoms with E-state index in [4.69, 9.17) is 0 Å². The maximum Gasteiger partial charge on any atom is 0.253 e. The lowest BCUT2D eigenvalue weighted by molar-refractivity contribution is -0.130. The third-order valence-electron chi connectivity index (χ3n) is 6.34. The van der Waals surface area contributed by atoms with E-state index in [0.29, 0.717) is 18.2 Å². The average Bonchev–Trinajstić information content (AvgIpc) is 3.33. The molecule has 0 aromatic heterocycles. The Morgan fingerprint density at radius 3 is 2.21 bits per heavy atom. The summed E-state index contributed by atoms with van der Waals surface area (Å²) in [5.74, 6) is 0.995. The van der Waals surface area contributed by atoms with E-state index in [-0.39, 0.29) is 5.91 Å². The third-order valence-corrected chi connectivity index (χ3v) is 6.34. The summed E-state index contributed by atoms with van der Waals surface area (Å²) in [6.07, 6.45) is 5.92. The van der Waals surface area contributed by atoms with Gasteiger partial charge in [-0.2, -0.15) is 0 Å². The molecular formula is C25H30N2O2. The minimum atomic E-state index is 0.120. The van der Waals surface area contributed by atoms with Crippen molar-refractivity contribution in [3.8, 4) is 11.1 Å². The number of carbonyl (C=O) groups is 2. The molecule has 0 radical (unpaired) electrons. The summed E-state index contributed by atoms with van der Waals surface area (Å²) in [5, 5.41) is 0. The molecule has 2 saturated heterocycles. The minimum absolute atomic E-state index is 0.120. The van der Waals surface area contributed by atoms with Crippen molar-refractivity contribution in [1.82, 2.24) is 9.80 Å². The van der Waals surface area contributed by atoms with E-state index in [1.165, 1.54) is 0 Å². The lowest BCUT2D eigenvalue weighted by atomic mass is 9.91. The van der Waals surface area contributed by atoms with Crippen LogP contribution in [0.3, 0.4) is 0 Å². The van der Waals surface area contributed by atoms with Gasteiger partial charge in [-0.1, -0.05) is 42.5 Å². The summed E-state index contributed by atoms with van der Waals surface area (Å²) in [5.41, 5.74) is 2.96. The van der Waals surface area contributed by atoms with Crippen LogP contribution in [-0.2, 0) is 4.79 Å². The molecule has 2 fully saturated rings. The van der Waals surface area contributed by atoms with Gasteiger partial charge in [-0.3, -0.25) is 9.59 Å². The van der Waals surface area contributed by atoms with Crippen LogP contribution in [0.5, 0.6) is 0 Å². The van der Waals surface area contributed by atoms with Gasteiger partial charge in [0.25, 0.3) is 5.91 Å². The summed E-state index contributed by atoms with van der Waals surface area (Å²) < 4.78 is 0.